The highest BCUT2D eigenvalue weighted by Crippen LogP contribution is 2.54. The van der Waals surface area contributed by atoms with Gasteiger partial charge in [0.05, 0.1) is 6.07 Å². The van der Waals surface area contributed by atoms with Crippen molar-refractivity contribution in [2.75, 3.05) is 31.6 Å². The summed E-state index contributed by atoms with van der Waals surface area (Å²) in [6.07, 6.45) is 3.40. The summed E-state index contributed by atoms with van der Waals surface area (Å²) in [5.74, 6) is 0.688. The molecule has 5 heteroatoms. The third-order valence-corrected chi connectivity index (χ3v) is 6.26. The van der Waals surface area contributed by atoms with Gasteiger partial charge in [0.15, 0.2) is 5.78 Å². The largest absolute Gasteiger partial charge is 0.302 e. The second-order valence-electron chi connectivity index (χ2n) is 7.52. The second-order valence-corrected chi connectivity index (χ2v) is 9.08. The predicted octanol–water partition coefficient (Wildman–Crippen LogP) is 1.83. The molecular weight excluding hydrogens is 284 g/mol. The van der Waals surface area contributed by atoms with Crippen LogP contribution in [0.1, 0.15) is 33.6 Å². The summed E-state index contributed by atoms with van der Waals surface area (Å²) >= 11 is 0. The van der Waals surface area contributed by atoms with E-state index in [4.69, 9.17) is 0 Å². The van der Waals surface area contributed by atoms with Gasteiger partial charge in [-0.05, 0) is 30.7 Å². The van der Waals surface area contributed by atoms with Crippen LogP contribution in [0.2, 0.25) is 0 Å². The fraction of sp³-hybridized carbons (Fsp3) is 0.875. The molecule has 21 heavy (non-hydrogen) atoms. The highest BCUT2D eigenvalue weighted by molar-refractivity contribution is 7.84. The Labute approximate surface area is 130 Å². The number of nitriles is 1. The number of likely N-dealkylation sites (tertiary alicyclic amines) is 1. The van der Waals surface area contributed by atoms with Crippen LogP contribution in [0.15, 0.2) is 0 Å². The zero-order valence-electron chi connectivity index (χ0n) is 13.5. The van der Waals surface area contributed by atoms with E-state index in [1.165, 1.54) is 0 Å². The number of rotatable bonds is 3. The molecule has 0 bridgehead atoms. The molecule has 1 saturated carbocycles. The maximum absolute atomic E-state index is 12.5. The van der Waals surface area contributed by atoms with Gasteiger partial charge in [-0.2, -0.15) is 5.26 Å². The lowest BCUT2D eigenvalue weighted by Gasteiger charge is -2.56. The monoisotopic (exact) mass is 310 g/mol. The fourth-order valence-electron chi connectivity index (χ4n) is 4.53. The molecule has 0 aromatic rings. The number of nitrogens with zero attached hydrogens (tertiary/aromatic N) is 2. The average Bonchev–Trinajstić information content (AvgIpc) is 2.40. The van der Waals surface area contributed by atoms with Gasteiger partial charge in [-0.25, -0.2) is 0 Å². The maximum atomic E-state index is 12.5. The minimum Gasteiger partial charge on any atom is -0.302 e. The number of hydrogen-bond acceptors (Lipinski definition) is 4. The summed E-state index contributed by atoms with van der Waals surface area (Å²) in [5.41, 5.74) is -0.404. The van der Waals surface area contributed by atoms with Crippen molar-refractivity contribution in [2.24, 2.45) is 22.7 Å². The molecule has 2 rings (SSSR count). The van der Waals surface area contributed by atoms with Crippen LogP contribution in [0.4, 0.5) is 0 Å². The Balaban J connectivity index is 2.18. The summed E-state index contributed by atoms with van der Waals surface area (Å²) in [6.45, 7) is 8.97. The van der Waals surface area contributed by atoms with E-state index >= 15 is 0 Å². The molecule has 1 heterocycles. The summed E-state index contributed by atoms with van der Waals surface area (Å²) < 4.78 is 11.3. The third kappa shape index (κ3) is 3.07. The smallest absolute Gasteiger partial charge is 0.155 e. The Bertz CT molecular complexity index is 497. The summed E-state index contributed by atoms with van der Waals surface area (Å²) in [6, 6.07) is 2.22. The zero-order valence-corrected chi connectivity index (χ0v) is 14.3. The highest BCUT2D eigenvalue weighted by atomic mass is 32.2. The molecule has 2 aliphatic rings. The van der Waals surface area contributed by atoms with Crippen LogP contribution in [0.25, 0.3) is 0 Å². The molecule has 0 aromatic carbocycles. The van der Waals surface area contributed by atoms with E-state index < -0.39 is 22.1 Å². The van der Waals surface area contributed by atoms with Crippen LogP contribution in [0.3, 0.4) is 0 Å². The van der Waals surface area contributed by atoms with Gasteiger partial charge >= 0.3 is 0 Å². The van der Waals surface area contributed by atoms with Crippen molar-refractivity contribution in [1.82, 2.24) is 4.90 Å². The second kappa shape index (κ2) is 5.81. The first kappa shape index (κ1) is 16.6. The molecule has 1 aliphatic heterocycles. The van der Waals surface area contributed by atoms with Gasteiger partial charge < -0.3 is 4.90 Å². The number of carbonyl (C=O) groups excluding carboxylic acids is 1. The number of piperidine rings is 1. The molecule has 1 aliphatic carbocycles. The molecule has 0 amide bonds. The summed E-state index contributed by atoms with van der Waals surface area (Å²) in [5, 5.41) is 9.32. The first-order valence-corrected chi connectivity index (χ1v) is 9.40. The van der Waals surface area contributed by atoms with Crippen LogP contribution in [-0.2, 0) is 15.6 Å². The van der Waals surface area contributed by atoms with Crippen molar-refractivity contribution in [3.63, 3.8) is 0 Å². The van der Waals surface area contributed by atoms with E-state index in [1.54, 1.807) is 6.26 Å². The first-order valence-electron chi connectivity index (χ1n) is 7.67. The van der Waals surface area contributed by atoms with E-state index in [2.05, 4.69) is 17.9 Å². The van der Waals surface area contributed by atoms with Crippen LogP contribution in [-0.4, -0.2) is 46.5 Å². The Morgan fingerprint density at radius 1 is 1.43 bits per heavy atom. The minimum atomic E-state index is -0.768. The van der Waals surface area contributed by atoms with Gasteiger partial charge in [0, 0.05) is 41.3 Å². The van der Waals surface area contributed by atoms with E-state index in [1.807, 2.05) is 13.8 Å². The van der Waals surface area contributed by atoms with E-state index in [9.17, 15) is 14.3 Å². The molecule has 2 fully saturated rings. The fourth-order valence-corrected chi connectivity index (χ4v) is 5.05. The van der Waals surface area contributed by atoms with Crippen molar-refractivity contribution in [1.29, 1.82) is 5.26 Å². The normalized spacial score (nSPS) is 37.6. The van der Waals surface area contributed by atoms with Gasteiger partial charge in [-0.3, -0.25) is 9.00 Å². The van der Waals surface area contributed by atoms with Crippen molar-refractivity contribution >= 4 is 16.6 Å². The lowest BCUT2D eigenvalue weighted by molar-refractivity contribution is -0.149. The van der Waals surface area contributed by atoms with Gasteiger partial charge in [-0.15, -0.1) is 0 Å². The standard InChI is InChI=1S/C16H26N2O2S/c1-15(2)13-5-6-18(7-8-21(4)20)11-16(13,3)9-12(10-17)14(15)19/h12-13H,5-9,11H2,1-4H3/t12?,13?,16-,21?/m0/s1. The quantitative estimate of drug-likeness (QED) is 0.798. The van der Waals surface area contributed by atoms with Crippen molar-refractivity contribution in [3.05, 3.63) is 0 Å². The summed E-state index contributed by atoms with van der Waals surface area (Å²) in [7, 11) is -0.768. The minimum absolute atomic E-state index is 0.00525. The van der Waals surface area contributed by atoms with E-state index in [0.717, 1.165) is 26.1 Å². The third-order valence-electron chi connectivity index (χ3n) is 5.50. The number of ketones is 1. The molecule has 0 N–H and O–H groups in total. The van der Waals surface area contributed by atoms with E-state index in [-0.39, 0.29) is 11.2 Å². The molecule has 0 aromatic heterocycles. The molecule has 3 unspecified atom stereocenters. The van der Waals surface area contributed by atoms with Crippen LogP contribution in [0.5, 0.6) is 0 Å². The topological polar surface area (TPSA) is 61.2 Å². The number of hydrogen-bond donors (Lipinski definition) is 0. The van der Waals surface area contributed by atoms with Gasteiger partial charge in [0.25, 0.3) is 0 Å². The number of fused-ring (bicyclic) bond motifs is 1. The van der Waals surface area contributed by atoms with E-state index in [0.29, 0.717) is 18.1 Å². The molecule has 0 radical (unpaired) electrons. The van der Waals surface area contributed by atoms with Gasteiger partial charge in [-0.1, -0.05) is 20.8 Å². The zero-order chi connectivity index (χ0) is 15.8. The lowest BCUT2D eigenvalue weighted by atomic mass is 9.51. The lowest BCUT2D eigenvalue weighted by Crippen LogP contribution is -2.59. The predicted molar refractivity (Wildman–Crippen MR) is 84.1 cm³/mol. The van der Waals surface area contributed by atoms with Crippen molar-refractivity contribution in [2.45, 2.75) is 33.6 Å². The molecular formula is C16H26N2O2S. The molecule has 1 saturated heterocycles. The molecule has 4 nitrogen and oxygen atoms in total. The Morgan fingerprint density at radius 2 is 2.10 bits per heavy atom. The number of Topliss-reactive ketones (excluding diaryl/α,β-unsaturated/α-hetero) is 1. The van der Waals surface area contributed by atoms with Crippen molar-refractivity contribution < 1.29 is 9.00 Å². The SMILES string of the molecule is CS(=O)CCN1CCC2C(C)(C)C(=O)C(C#N)C[C@@]2(C)C1. The maximum Gasteiger partial charge on any atom is 0.155 e. The Kier molecular flexibility index (Phi) is 4.60. The van der Waals surface area contributed by atoms with Crippen LogP contribution < -0.4 is 0 Å². The Hall–Kier alpha value is -0.730. The first-order chi connectivity index (χ1) is 9.70. The van der Waals surface area contributed by atoms with Crippen molar-refractivity contribution in [3.8, 4) is 6.07 Å². The molecule has 4 atom stereocenters. The van der Waals surface area contributed by atoms with Crippen LogP contribution in [0, 0.1) is 34.0 Å². The average molecular weight is 310 g/mol. The number of carbonyl (C=O) groups is 1. The molecule has 0 spiro atoms. The Morgan fingerprint density at radius 3 is 2.67 bits per heavy atom. The highest BCUT2D eigenvalue weighted by Gasteiger charge is 2.56. The molecule has 118 valence electrons. The summed E-state index contributed by atoms with van der Waals surface area (Å²) in [4.78, 5) is 14.9. The van der Waals surface area contributed by atoms with Gasteiger partial charge in [0.1, 0.15) is 5.92 Å². The van der Waals surface area contributed by atoms with Crippen LogP contribution >= 0.6 is 0 Å². The van der Waals surface area contributed by atoms with Gasteiger partial charge in [0.2, 0.25) is 0 Å².